The van der Waals surface area contributed by atoms with E-state index in [2.05, 4.69) is 0 Å². The van der Waals surface area contributed by atoms with Crippen molar-refractivity contribution in [2.75, 3.05) is 45.0 Å². The molecule has 1 atom stereocenters. The highest BCUT2D eigenvalue weighted by Crippen LogP contribution is 2.27. The summed E-state index contributed by atoms with van der Waals surface area (Å²) in [6, 6.07) is 13.5. The molecule has 1 aliphatic rings. The van der Waals surface area contributed by atoms with Gasteiger partial charge in [-0.1, -0.05) is 6.07 Å². The molecule has 1 fully saturated rings. The fourth-order valence-electron chi connectivity index (χ4n) is 3.59. The Labute approximate surface area is 188 Å². The summed E-state index contributed by atoms with van der Waals surface area (Å²) in [6.07, 6.45) is 1.91. The Morgan fingerprint density at radius 2 is 1.88 bits per heavy atom. The lowest BCUT2D eigenvalue weighted by molar-refractivity contribution is -0.134. The van der Waals surface area contributed by atoms with Crippen molar-refractivity contribution in [2.45, 2.75) is 17.7 Å². The molecule has 0 N–H and O–H groups in total. The van der Waals surface area contributed by atoms with Gasteiger partial charge in [0, 0.05) is 38.5 Å². The van der Waals surface area contributed by atoms with E-state index in [-0.39, 0.29) is 29.0 Å². The number of sulfone groups is 1. The molecule has 1 saturated heterocycles. The number of anilines is 1. The third-order valence-corrected chi connectivity index (χ3v) is 6.49. The van der Waals surface area contributed by atoms with Gasteiger partial charge in [0.1, 0.15) is 11.5 Å². The lowest BCUT2D eigenvalue weighted by Gasteiger charge is -2.21. The molecule has 172 valence electrons. The molecule has 1 aliphatic heterocycles. The molecule has 1 unspecified atom stereocenters. The first-order chi connectivity index (χ1) is 15.2. The van der Waals surface area contributed by atoms with Gasteiger partial charge in [-0.15, -0.1) is 0 Å². The second-order valence-electron chi connectivity index (χ2n) is 7.81. The van der Waals surface area contributed by atoms with Crippen LogP contribution in [0.3, 0.4) is 0 Å². The number of carbonyl (C=O) groups is 2. The predicted octanol–water partition coefficient (Wildman–Crippen LogP) is 2.38. The molecule has 3 rings (SSSR count). The molecular weight excluding hydrogens is 432 g/mol. The molecule has 0 spiro atoms. The maximum absolute atomic E-state index is 12.8. The van der Waals surface area contributed by atoms with Gasteiger partial charge in [0.2, 0.25) is 11.8 Å². The van der Waals surface area contributed by atoms with Crippen molar-refractivity contribution in [3.63, 3.8) is 0 Å². The summed E-state index contributed by atoms with van der Waals surface area (Å²) >= 11 is 0. The fourth-order valence-corrected chi connectivity index (χ4v) is 4.25. The van der Waals surface area contributed by atoms with Gasteiger partial charge < -0.3 is 19.3 Å². The highest BCUT2D eigenvalue weighted by atomic mass is 32.2. The van der Waals surface area contributed by atoms with E-state index < -0.39 is 9.84 Å². The summed E-state index contributed by atoms with van der Waals surface area (Å²) in [5.74, 6) is 0.642. The quantitative estimate of drug-likeness (QED) is 0.534. The first-order valence-electron chi connectivity index (χ1n) is 10.3. The van der Waals surface area contributed by atoms with E-state index in [0.717, 1.165) is 11.9 Å². The number of hydrogen-bond donors (Lipinski definition) is 0. The van der Waals surface area contributed by atoms with Gasteiger partial charge in [0.15, 0.2) is 9.84 Å². The Morgan fingerprint density at radius 1 is 1.16 bits per heavy atom. The zero-order chi connectivity index (χ0) is 23.3. The van der Waals surface area contributed by atoms with E-state index in [1.807, 2.05) is 12.1 Å². The third kappa shape index (κ3) is 5.79. The first kappa shape index (κ1) is 23.6. The molecule has 32 heavy (non-hydrogen) atoms. The van der Waals surface area contributed by atoms with Crippen molar-refractivity contribution in [3.05, 3.63) is 48.5 Å². The summed E-state index contributed by atoms with van der Waals surface area (Å²) < 4.78 is 34.1. The average Bonchev–Trinajstić information content (AvgIpc) is 3.17. The normalized spacial score (nSPS) is 16.2. The lowest BCUT2D eigenvalue weighted by atomic mass is 10.1. The first-order valence-corrected chi connectivity index (χ1v) is 12.2. The minimum atomic E-state index is -3.29. The summed E-state index contributed by atoms with van der Waals surface area (Å²) in [4.78, 5) is 28.7. The molecule has 1 heterocycles. The van der Waals surface area contributed by atoms with Gasteiger partial charge >= 0.3 is 0 Å². The second-order valence-corrected chi connectivity index (χ2v) is 9.83. The van der Waals surface area contributed by atoms with Crippen molar-refractivity contribution in [1.29, 1.82) is 0 Å². The summed E-state index contributed by atoms with van der Waals surface area (Å²) in [7, 11) is 0.00361. The highest BCUT2D eigenvalue weighted by Gasteiger charge is 2.36. The van der Waals surface area contributed by atoms with Crippen LogP contribution in [0.15, 0.2) is 53.4 Å². The van der Waals surface area contributed by atoms with Crippen LogP contribution in [0.2, 0.25) is 0 Å². The zero-order valence-corrected chi connectivity index (χ0v) is 19.3. The number of carbonyl (C=O) groups excluding carboxylic acids is 2. The topological polar surface area (TPSA) is 93.2 Å². The molecule has 0 aliphatic carbocycles. The van der Waals surface area contributed by atoms with Gasteiger partial charge in [-0.25, -0.2) is 8.42 Å². The molecule has 2 aromatic rings. The van der Waals surface area contributed by atoms with Crippen molar-refractivity contribution >= 4 is 27.3 Å². The Morgan fingerprint density at radius 3 is 2.53 bits per heavy atom. The van der Waals surface area contributed by atoms with Crippen molar-refractivity contribution < 1.29 is 27.5 Å². The summed E-state index contributed by atoms with van der Waals surface area (Å²) in [5, 5.41) is 0. The SMILES string of the molecule is COc1ccc(N2CC(C(=O)N(C)CCCOc3cccc(S(C)(=O)=O)c3)CC2=O)cc1. The predicted molar refractivity (Wildman–Crippen MR) is 121 cm³/mol. The average molecular weight is 461 g/mol. The van der Waals surface area contributed by atoms with E-state index in [9.17, 15) is 18.0 Å². The van der Waals surface area contributed by atoms with Gasteiger partial charge in [-0.2, -0.15) is 0 Å². The van der Waals surface area contributed by atoms with Gasteiger partial charge in [0.05, 0.1) is 24.5 Å². The van der Waals surface area contributed by atoms with Gasteiger partial charge in [-0.05, 0) is 48.9 Å². The number of amides is 2. The van der Waals surface area contributed by atoms with Crippen LogP contribution < -0.4 is 14.4 Å². The molecule has 0 saturated carbocycles. The summed E-state index contributed by atoms with van der Waals surface area (Å²) in [6.45, 7) is 1.16. The third-order valence-electron chi connectivity index (χ3n) is 5.37. The molecule has 0 aromatic heterocycles. The van der Waals surface area contributed by atoms with Crippen LogP contribution in [0, 0.1) is 5.92 Å². The minimum Gasteiger partial charge on any atom is -0.497 e. The number of rotatable bonds is 9. The monoisotopic (exact) mass is 460 g/mol. The van der Waals surface area contributed by atoms with Crippen molar-refractivity contribution in [1.82, 2.24) is 4.90 Å². The van der Waals surface area contributed by atoms with E-state index in [1.54, 1.807) is 48.2 Å². The van der Waals surface area contributed by atoms with Gasteiger partial charge in [-0.3, -0.25) is 9.59 Å². The molecule has 0 radical (unpaired) electrons. The fraction of sp³-hybridized carbons (Fsp3) is 0.391. The number of methoxy groups -OCH3 is 1. The molecule has 8 nitrogen and oxygen atoms in total. The number of nitrogens with zero attached hydrogens (tertiary/aromatic N) is 2. The van der Waals surface area contributed by atoms with Crippen LogP contribution in [0.5, 0.6) is 11.5 Å². The zero-order valence-electron chi connectivity index (χ0n) is 18.5. The largest absolute Gasteiger partial charge is 0.497 e. The van der Waals surface area contributed by atoms with E-state index in [0.29, 0.717) is 37.6 Å². The molecular formula is C23H28N2O6S. The van der Waals surface area contributed by atoms with Crippen LogP contribution in [0.25, 0.3) is 0 Å². The Hall–Kier alpha value is -3.07. The minimum absolute atomic E-state index is 0.0731. The van der Waals surface area contributed by atoms with Gasteiger partial charge in [0.25, 0.3) is 0 Å². The summed E-state index contributed by atoms with van der Waals surface area (Å²) in [5.41, 5.74) is 0.749. The molecule has 2 amide bonds. The van der Waals surface area contributed by atoms with Crippen LogP contribution in [-0.4, -0.2) is 65.2 Å². The van der Waals surface area contributed by atoms with E-state index >= 15 is 0 Å². The van der Waals surface area contributed by atoms with Crippen LogP contribution in [0.4, 0.5) is 5.69 Å². The lowest BCUT2D eigenvalue weighted by Crippen LogP contribution is -2.35. The smallest absolute Gasteiger partial charge is 0.227 e. The van der Waals surface area contributed by atoms with Crippen molar-refractivity contribution in [3.8, 4) is 11.5 Å². The molecule has 0 bridgehead atoms. The maximum atomic E-state index is 12.8. The molecule has 9 heteroatoms. The van der Waals surface area contributed by atoms with Crippen molar-refractivity contribution in [2.24, 2.45) is 5.92 Å². The Balaban J connectivity index is 1.48. The second kappa shape index (κ2) is 10.0. The van der Waals surface area contributed by atoms with Crippen LogP contribution in [0.1, 0.15) is 12.8 Å². The highest BCUT2D eigenvalue weighted by molar-refractivity contribution is 7.90. The standard InChI is InChI=1S/C23H28N2O6S/c1-24(12-5-13-31-20-6-4-7-21(15-20)32(3,28)29)23(27)17-14-22(26)25(16-17)18-8-10-19(30-2)11-9-18/h4,6-11,15,17H,5,12-14,16H2,1-3H3. The van der Waals surface area contributed by atoms with E-state index in [4.69, 9.17) is 9.47 Å². The number of benzene rings is 2. The number of ether oxygens (including phenoxy) is 2. The number of hydrogen-bond acceptors (Lipinski definition) is 6. The molecule has 2 aromatic carbocycles. The van der Waals surface area contributed by atoms with E-state index in [1.165, 1.54) is 12.1 Å². The maximum Gasteiger partial charge on any atom is 0.227 e. The Kier molecular flexibility index (Phi) is 7.40. The Bertz CT molecular complexity index is 1070. The van der Waals surface area contributed by atoms with Crippen LogP contribution in [-0.2, 0) is 19.4 Å². The van der Waals surface area contributed by atoms with Crippen LogP contribution >= 0.6 is 0 Å².